The lowest BCUT2D eigenvalue weighted by Crippen LogP contribution is -2.57. The minimum atomic E-state index is -3.75. The van der Waals surface area contributed by atoms with E-state index in [2.05, 4.69) is 11.4 Å². The SMILES string of the molecule is N#CC1CN(S(=O)(=O)N2CCC[C@H](C(=O)N3CCC[C@@H]3C(=O)NC3COc4cc(F)cc(F)c43)C2)C1. The van der Waals surface area contributed by atoms with Gasteiger partial charge in [0.2, 0.25) is 11.8 Å². The second kappa shape index (κ2) is 9.57. The van der Waals surface area contributed by atoms with Crippen molar-refractivity contribution >= 4 is 22.0 Å². The molecule has 0 aromatic heterocycles. The molecular formula is C23H27F2N5O5S. The molecule has 0 spiro atoms. The van der Waals surface area contributed by atoms with E-state index in [1.54, 1.807) is 0 Å². The fourth-order valence-electron chi connectivity index (χ4n) is 5.42. The third kappa shape index (κ3) is 4.42. The van der Waals surface area contributed by atoms with Crippen LogP contribution >= 0.6 is 0 Å². The molecule has 1 N–H and O–H groups in total. The van der Waals surface area contributed by atoms with Gasteiger partial charge in [0, 0.05) is 44.9 Å². The fraction of sp³-hybridized carbons (Fsp3) is 0.609. The van der Waals surface area contributed by atoms with Crippen LogP contribution in [0, 0.1) is 34.8 Å². The molecule has 2 amide bonds. The number of hydrogen-bond acceptors (Lipinski definition) is 6. The molecule has 3 saturated heterocycles. The van der Waals surface area contributed by atoms with Crippen LogP contribution in [0.15, 0.2) is 12.1 Å². The van der Waals surface area contributed by atoms with Gasteiger partial charge in [-0.25, -0.2) is 8.78 Å². The highest BCUT2D eigenvalue weighted by Gasteiger charge is 2.44. The van der Waals surface area contributed by atoms with Gasteiger partial charge in [-0.1, -0.05) is 0 Å². The highest BCUT2D eigenvalue weighted by Crippen LogP contribution is 2.36. The molecule has 194 valence electrons. The van der Waals surface area contributed by atoms with Crippen molar-refractivity contribution in [3.05, 3.63) is 29.3 Å². The van der Waals surface area contributed by atoms with Gasteiger partial charge in [0.1, 0.15) is 30.0 Å². The number of carbonyl (C=O) groups excluding carboxylic acids is 2. The topological polar surface area (TPSA) is 123 Å². The lowest BCUT2D eigenvalue weighted by Gasteiger charge is -2.41. The first-order valence-electron chi connectivity index (χ1n) is 12.1. The van der Waals surface area contributed by atoms with E-state index in [0.29, 0.717) is 38.8 Å². The van der Waals surface area contributed by atoms with Crippen molar-refractivity contribution in [1.29, 1.82) is 5.26 Å². The number of ether oxygens (including phenoxy) is 1. The summed E-state index contributed by atoms with van der Waals surface area (Å²) in [7, 11) is -3.75. The smallest absolute Gasteiger partial charge is 0.282 e. The zero-order valence-electron chi connectivity index (χ0n) is 19.5. The summed E-state index contributed by atoms with van der Waals surface area (Å²) in [6, 6.07) is 2.30. The third-order valence-corrected chi connectivity index (χ3v) is 9.32. The molecule has 4 aliphatic rings. The van der Waals surface area contributed by atoms with E-state index in [0.717, 1.165) is 12.1 Å². The van der Waals surface area contributed by atoms with Gasteiger partial charge in [0.15, 0.2) is 0 Å². The molecule has 4 aliphatic heterocycles. The van der Waals surface area contributed by atoms with Gasteiger partial charge in [-0.3, -0.25) is 9.59 Å². The van der Waals surface area contributed by atoms with Crippen molar-refractivity contribution in [1.82, 2.24) is 18.8 Å². The Morgan fingerprint density at radius 2 is 1.83 bits per heavy atom. The van der Waals surface area contributed by atoms with E-state index in [-0.39, 0.29) is 49.4 Å². The molecule has 3 atom stereocenters. The summed E-state index contributed by atoms with van der Waals surface area (Å²) in [4.78, 5) is 28.0. The van der Waals surface area contributed by atoms with Crippen molar-refractivity contribution < 1.29 is 31.5 Å². The van der Waals surface area contributed by atoms with Gasteiger partial charge in [0.25, 0.3) is 10.2 Å². The first-order chi connectivity index (χ1) is 17.2. The van der Waals surface area contributed by atoms with Crippen molar-refractivity contribution in [2.45, 2.75) is 37.8 Å². The molecule has 10 nitrogen and oxygen atoms in total. The number of nitriles is 1. The lowest BCUT2D eigenvalue weighted by molar-refractivity contribution is -0.142. The average molecular weight is 524 g/mol. The van der Waals surface area contributed by atoms with E-state index in [1.165, 1.54) is 13.5 Å². The Labute approximate surface area is 207 Å². The third-order valence-electron chi connectivity index (χ3n) is 7.38. The zero-order chi connectivity index (χ0) is 25.6. The number of amides is 2. The summed E-state index contributed by atoms with van der Waals surface area (Å²) < 4.78 is 61.5. The Hall–Kier alpha value is -2.82. The number of nitrogens with one attached hydrogen (secondary N) is 1. The number of nitrogens with zero attached hydrogens (tertiary/aromatic N) is 4. The summed E-state index contributed by atoms with van der Waals surface area (Å²) in [5, 5.41) is 11.7. The van der Waals surface area contributed by atoms with Gasteiger partial charge in [-0.15, -0.1) is 0 Å². The van der Waals surface area contributed by atoms with Gasteiger partial charge in [0.05, 0.1) is 29.5 Å². The number of likely N-dealkylation sites (tertiary alicyclic amines) is 1. The van der Waals surface area contributed by atoms with Crippen LogP contribution in [-0.2, 0) is 19.8 Å². The molecule has 0 bridgehead atoms. The maximum Gasteiger partial charge on any atom is 0.282 e. The molecule has 1 unspecified atom stereocenters. The molecule has 1 aromatic carbocycles. The second-order valence-electron chi connectivity index (χ2n) is 9.71. The van der Waals surface area contributed by atoms with Crippen LogP contribution in [0.3, 0.4) is 0 Å². The second-order valence-corrected chi connectivity index (χ2v) is 11.6. The molecule has 36 heavy (non-hydrogen) atoms. The molecule has 4 heterocycles. The van der Waals surface area contributed by atoms with E-state index in [1.807, 2.05) is 0 Å². The molecule has 5 rings (SSSR count). The average Bonchev–Trinajstić information content (AvgIpc) is 3.45. The standard InChI is InChI=1S/C23H27F2N5O5S/c24-16-7-17(25)21-18(13-35-20(21)8-16)27-22(31)19-4-2-6-30(19)23(32)15-3-1-5-28(12-15)36(33,34)29-10-14(9-26)11-29/h7-8,14-15,18-19H,1-6,10-13H2,(H,27,31)/t15-,18?,19+/m0/s1. The van der Waals surface area contributed by atoms with E-state index in [4.69, 9.17) is 10.00 Å². The number of piperidine rings is 1. The van der Waals surface area contributed by atoms with E-state index < -0.39 is 45.8 Å². The van der Waals surface area contributed by atoms with Gasteiger partial charge in [-0.05, 0) is 25.7 Å². The lowest BCUT2D eigenvalue weighted by atomic mass is 9.97. The minimum absolute atomic E-state index is 0.0281. The zero-order valence-corrected chi connectivity index (χ0v) is 20.3. The normalized spacial score (nSPS) is 27.1. The first kappa shape index (κ1) is 24.9. The van der Waals surface area contributed by atoms with Crippen LogP contribution in [0.2, 0.25) is 0 Å². The van der Waals surface area contributed by atoms with Crippen LogP contribution < -0.4 is 10.1 Å². The Kier molecular flexibility index (Phi) is 6.61. The summed E-state index contributed by atoms with van der Waals surface area (Å²) in [6.45, 7) is 0.971. The minimum Gasteiger partial charge on any atom is -0.490 e. The maximum atomic E-state index is 14.3. The predicted octanol–water partition coefficient (Wildman–Crippen LogP) is 0.918. The van der Waals surface area contributed by atoms with Gasteiger partial charge < -0.3 is 15.0 Å². The number of hydrogen-bond donors (Lipinski definition) is 1. The summed E-state index contributed by atoms with van der Waals surface area (Å²) in [5.74, 6) is -3.14. The van der Waals surface area contributed by atoms with E-state index in [9.17, 15) is 26.8 Å². The molecule has 0 aliphatic carbocycles. The molecule has 1 aromatic rings. The highest BCUT2D eigenvalue weighted by molar-refractivity contribution is 7.86. The van der Waals surface area contributed by atoms with Crippen molar-refractivity contribution in [2.75, 3.05) is 39.3 Å². The summed E-state index contributed by atoms with van der Waals surface area (Å²) >= 11 is 0. The van der Waals surface area contributed by atoms with Crippen molar-refractivity contribution in [2.24, 2.45) is 11.8 Å². The number of carbonyl (C=O) groups is 2. The first-order valence-corrected chi connectivity index (χ1v) is 13.5. The molecule has 0 radical (unpaired) electrons. The Morgan fingerprint density at radius 1 is 1.08 bits per heavy atom. The quantitative estimate of drug-likeness (QED) is 0.612. The van der Waals surface area contributed by atoms with Crippen LogP contribution in [-0.4, -0.2) is 79.1 Å². The Bertz CT molecular complexity index is 1220. The number of benzene rings is 1. The van der Waals surface area contributed by atoms with Crippen molar-refractivity contribution in [3.8, 4) is 11.8 Å². The largest absolute Gasteiger partial charge is 0.490 e. The van der Waals surface area contributed by atoms with Crippen LogP contribution in [0.1, 0.15) is 37.3 Å². The van der Waals surface area contributed by atoms with Crippen molar-refractivity contribution in [3.63, 3.8) is 0 Å². The highest BCUT2D eigenvalue weighted by atomic mass is 32.2. The maximum absolute atomic E-state index is 14.3. The van der Waals surface area contributed by atoms with E-state index >= 15 is 0 Å². The van der Waals surface area contributed by atoms with Gasteiger partial charge >= 0.3 is 0 Å². The summed E-state index contributed by atoms with van der Waals surface area (Å²) in [5.41, 5.74) is 0.0818. The molecule has 3 fully saturated rings. The van der Waals surface area contributed by atoms with Crippen LogP contribution in [0.5, 0.6) is 5.75 Å². The Balaban J connectivity index is 1.24. The molecule has 13 heteroatoms. The number of rotatable bonds is 5. The summed E-state index contributed by atoms with van der Waals surface area (Å²) in [6.07, 6.45) is 2.07. The van der Waals surface area contributed by atoms with Crippen LogP contribution in [0.4, 0.5) is 8.78 Å². The molecular weight excluding hydrogens is 496 g/mol. The predicted molar refractivity (Wildman–Crippen MR) is 121 cm³/mol. The van der Waals surface area contributed by atoms with Gasteiger partial charge in [-0.2, -0.15) is 22.3 Å². The Morgan fingerprint density at radius 3 is 2.58 bits per heavy atom. The number of fused-ring (bicyclic) bond motifs is 1. The molecule has 0 saturated carbocycles. The number of halogens is 2. The monoisotopic (exact) mass is 523 g/mol. The fourth-order valence-corrected chi connectivity index (χ4v) is 7.21. The van der Waals surface area contributed by atoms with Crippen LogP contribution in [0.25, 0.3) is 0 Å².